The highest BCUT2D eigenvalue weighted by molar-refractivity contribution is 6.01. The first kappa shape index (κ1) is 28.1. The molecule has 4 fully saturated rings. The van der Waals surface area contributed by atoms with E-state index in [1.807, 2.05) is 12.1 Å². The topological polar surface area (TPSA) is 66.4 Å². The van der Waals surface area contributed by atoms with E-state index in [1.54, 1.807) is 6.20 Å². The summed E-state index contributed by atoms with van der Waals surface area (Å²) in [5.74, 6) is 0.543. The lowest BCUT2D eigenvalue weighted by Gasteiger charge is -2.47. The summed E-state index contributed by atoms with van der Waals surface area (Å²) in [5, 5.41) is 6.20. The number of aromatic nitrogens is 3. The number of hydrogen-bond donors (Lipinski definition) is 1. The molecule has 2 aromatic carbocycles. The Labute approximate surface area is 257 Å². The molecule has 4 aliphatic rings. The van der Waals surface area contributed by atoms with Crippen molar-refractivity contribution in [1.29, 1.82) is 0 Å². The van der Waals surface area contributed by atoms with Crippen molar-refractivity contribution in [2.45, 2.75) is 74.5 Å². The molecule has 1 N–H and O–H groups in total. The summed E-state index contributed by atoms with van der Waals surface area (Å²) in [6.45, 7) is 2.27. The zero-order chi connectivity index (χ0) is 30.1. The molecule has 2 atom stereocenters. The summed E-state index contributed by atoms with van der Waals surface area (Å²) in [5.41, 5.74) is 2.18. The van der Waals surface area contributed by atoms with Crippen molar-refractivity contribution in [3.05, 3.63) is 54.0 Å². The van der Waals surface area contributed by atoms with Crippen LogP contribution in [-0.4, -0.2) is 82.3 Å². The predicted octanol–water partition coefficient (Wildman–Crippen LogP) is 6.71. The largest absolute Gasteiger partial charge is 0.461 e. The Morgan fingerprint density at radius 1 is 1.07 bits per heavy atom. The number of hydrogen-bond acceptors (Lipinski definition) is 7. The molecule has 44 heavy (non-hydrogen) atoms. The van der Waals surface area contributed by atoms with Crippen molar-refractivity contribution in [1.82, 2.24) is 24.8 Å². The van der Waals surface area contributed by atoms with E-state index in [0.717, 1.165) is 61.4 Å². The van der Waals surface area contributed by atoms with Crippen LogP contribution in [0.1, 0.15) is 62.8 Å². The second-order valence-corrected chi connectivity index (χ2v) is 13.8. The van der Waals surface area contributed by atoms with E-state index < -0.39 is 12.0 Å². The van der Waals surface area contributed by atoms with Gasteiger partial charge in [0.1, 0.15) is 29.8 Å². The lowest BCUT2D eigenvalue weighted by atomic mass is 9.75. The molecule has 2 saturated heterocycles. The molecule has 9 heteroatoms. The maximum atomic E-state index is 16.8. The van der Waals surface area contributed by atoms with Crippen LogP contribution in [0.4, 0.5) is 14.6 Å². The van der Waals surface area contributed by atoms with Crippen LogP contribution in [-0.2, 0) is 0 Å². The first-order valence-corrected chi connectivity index (χ1v) is 16.2. The van der Waals surface area contributed by atoms with Gasteiger partial charge in [0.15, 0.2) is 5.82 Å². The number of rotatable bonds is 9. The monoisotopic (exact) mass is 598 g/mol. The van der Waals surface area contributed by atoms with Crippen molar-refractivity contribution in [3.63, 3.8) is 0 Å². The number of fused-ring (bicyclic) bond motifs is 3. The van der Waals surface area contributed by atoms with Gasteiger partial charge in [-0.3, -0.25) is 9.88 Å². The van der Waals surface area contributed by atoms with Gasteiger partial charge in [0, 0.05) is 36.8 Å². The SMILES string of the molecule is CN(C)C1(CNc2nc(OCC34CCCN3C[C@H](F)C4)nc3c(F)c(-c4cccc5cccc(C6CC6)c45)ncc23)CCC1. The summed E-state index contributed by atoms with van der Waals surface area (Å²) in [6, 6.07) is 12.4. The van der Waals surface area contributed by atoms with Gasteiger partial charge in [-0.2, -0.15) is 9.97 Å². The fourth-order valence-electron chi connectivity index (χ4n) is 7.99. The van der Waals surface area contributed by atoms with Crippen LogP contribution in [0.2, 0.25) is 0 Å². The van der Waals surface area contributed by atoms with Gasteiger partial charge in [-0.15, -0.1) is 0 Å². The third-order valence-electron chi connectivity index (χ3n) is 10.9. The van der Waals surface area contributed by atoms with E-state index >= 15 is 4.39 Å². The van der Waals surface area contributed by atoms with Crippen LogP contribution in [0.15, 0.2) is 42.6 Å². The molecule has 0 amide bonds. The van der Waals surface area contributed by atoms with Gasteiger partial charge in [-0.1, -0.05) is 36.4 Å². The highest BCUT2D eigenvalue weighted by Gasteiger charge is 2.49. The second kappa shape index (κ2) is 10.6. The lowest BCUT2D eigenvalue weighted by molar-refractivity contribution is 0.0738. The quantitative estimate of drug-likeness (QED) is 0.230. The maximum Gasteiger partial charge on any atom is 0.319 e. The molecule has 4 heterocycles. The summed E-state index contributed by atoms with van der Waals surface area (Å²) in [4.78, 5) is 18.6. The fraction of sp³-hybridized carbons (Fsp3) is 0.514. The smallest absolute Gasteiger partial charge is 0.319 e. The van der Waals surface area contributed by atoms with Crippen LogP contribution in [0.25, 0.3) is 32.9 Å². The van der Waals surface area contributed by atoms with E-state index in [-0.39, 0.29) is 34.9 Å². The standard InChI is InChI=1S/C35H40F2N6O/c1-42(2)34(13-5-14-34)20-39-32-27-18-38-30(26-10-4-8-23-7-3-9-25(28(23)26)22-11-12-22)29(37)31(27)40-33(41-32)44-21-35-15-6-16-43(35)19-24(36)17-35/h3-4,7-10,18,22,24H,5-6,11-17,19-21H2,1-2H3,(H,39,40,41)/t24-,35?/m1/s1. The number of nitrogens with one attached hydrogen (secondary N) is 1. The number of benzene rings is 2. The average Bonchev–Trinajstić information content (AvgIpc) is 3.70. The van der Waals surface area contributed by atoms with Crippen LogP contribution in [0.3, 0.4) is 0 Å². The summed E-state index contributed by atoms with van der Waals surface area (Å²) < 4.78 is 37.5. The van der Waals surface area contributed by atoms with Crippen LogP contribution < -0.4 is 10.1 Å². The van der Waals surface area contributed by atoms with Gasteiger partial charge < -0.3 is 15.0 Å². The summed E-state index contributed by atoms with van der Waals surface area (Å²) >= 11 is 0. The Bertz CT molecular complexity index is 1730. The lowest BCUT2D eigenvalue weighted by Crippen LogP contribution is -2.54. The van der Waals surface area contributed by atoms with Gasteiger partial charge in [-0.05, 0) is 87.8 Å². The minimum absolute atomic E-state index is 0.0235. The molecule has 2 aliphatic carbocycles. The first-order valence-electron chi connectivity index (χ1n) is 16.2. The van der Waals surface area contributed by atoms with E-state index in [0.29, 0.717) is 36.6 Å². The normalized spacial score (nSPS) is 24.6. The number of anilines is 1. The molecular weight excluding hydrogens is 558 g/mol. The Kier molecular flexibility index (Phi) is 6.75. The molecule has 230 valence electrons. The molecule has 2 aromatic heterocycles. The summed E-state index contributed by atoms with van der Waals surface area (Å²) in [6.07, 6.45) is 8.85. The Balaban J connectivity index is 1.21. The zero-order valence-electron chi connectivity index (χ0n) is 25.6. The number of ether oxygens (including phenoxy) is 1. The number of nitrogens with zero attached hydrogens (tertiary/aromatic N) is 5. The van der Waals surface area contributed by atoms with Gasteiger partial charge in [0.25, 0.3) is 0 Å². The second-order valence-electron chi connectivity index (χ2n) is 13.8. The van der Waals surface area contributed by atoms with E-state index in [1.165, 1.54) is 12.0 Å². The van der Waals surface area contributed by atoms with Crippen molar-refractivity contribution in [2.75, 3.05) is 45.7 Å². The van der Waals surface area contributed by atoms with E-state index in [9.17, 15) is 4.39 Å². The molecule has 7 nitrogen and oxygen atoms in total. The maximum absolute atomic E-state index is 16.8. The van der Waals surface area contributed by atoms with Crippen LogP contribution >= 0.6 is 0 Å². The van der Waals surface area contributed by atoms with E-state index in [2.05, 4.69) is 58.5 Å². The van der Waals surface area contributed by atoms with Gasteiger partial charge in [0.2, 0.25) is 0 Å². The zero-order valence-corrected chi connectivity index (χ0v) is 25.6. The molecule has 8 rings (SSSR count). The van der Waals surface area contributed by atoms with Crippen LogP contribution in [0, 0.1) is 5.82 Å². The molecule has 0 radical (unpaired) electrons. The Morgan fingerprint density at radius 2 is 1.89 bits per heavy atom. The first-order chi connectivity index (χ1) is 21.4. The molecule has 0 bridgehead atoms. The van der Waals surface area contributed by atoms with Crippen molar-refractivity contribution >= 4 is 27.5 Å². The number of halogens is 2. The highest BCUT2D eigenvalue weighted by Crippen LogP contribution is 2.46. The van der Waals surface area contributed by atoms with Gasteiger partial charge in [-0.25, -0.2) is 8.78 Å². The minimum atomic E-state index is -0.856. The molecule has 2 saturated carbocycles. The van der Waals surface area contributed by atoms with Gasteiger partial charge >= 0.3 is 6.01 Å². The van der Waals surface area contributed by atoms with Crippen molar-refractivity contribution in [2.24, 2.45) is 0 Å². The van der Waals surface area contributed by atoms with Crippen molar-refractivity contribution in [3.8, 4) is 17.3 Å². The van der Waals surface area contributed by atoms with Crippen molar-refractivity contribution < 1.29 is 13.5 Å². The molecule has 1 unspecified atom stereocenters. The number of alkyl halides is 1. The summed E-state index contributed by atoms with van der Waals surface area (Å²) in [7, 11) is 4.21. The molecule has 4 aromatic rings. The number of likely N-dealkylation sites (N-methyl/N-ethyl adjacent to an activating group) is 1. The highest BCUT2D eigenvalue weighted by atomic mass is 19.1. The Hall–Kier alpha value is -3.43. The fourth-order valence-corrected chi connectivity index (χ4v) is 7.99. The molecule has 2 aliphatic heterocycles. The average molecular weight is 599 g/mol. The third kappa shape index (κ3) is 4.62. The van der Waals surface area contributed by atoms with Gasteiger partial charge in [0.05, 0.1) is 10.9 Å². The number of pyridine rings is 1. The Morgan fingerprint density at radius 3 is 2.64 bits per heavy atom. The minimum Gasteiger partial charge on any atom is -0.461 e. The van der Waals surface area contributed by atoms with E-state index in [4.69, 9.17) is 14.7 Å². The predicted molar refractivity (Wildman–Crippen MR) is 170 cm³/mol. The molecule has 0 spiro atoms. The third-order valence-corrected chi connectivity index (χ3v) is 10.9. The molecular formula is C35H40F2N6O. The van der Waals surface area contributed by atoms with Crippen LogP contribution in [0.5, 0.6) is 6.01 Å².